The first-order valence-electron chi connectivity index (χ1n) is 13.9. The number of aromatic nitrogens is 2. The van der Waals surface area contributed by atoms with Gasteiger partial charge in [0.1, 0.15) is 5.82 Å². The summed E-state index contributed by atoms with van der Waals surface area (Å²) in [6, 6.07) is 23.8. The zero-order chi connectivity index (χ0) is 26.2. The van der Waals surface area contributed by atoms with Gasteiger partial charge in [-0.2, -0.15) is 0 Å². The third-order valence-electron chi connectivity index (χ3n) is 8.00. The molecule has 2 aliphatic heterocycles. The van der Waals surface area contributed by atoms with E-state index in [0.29, 0.717) is 12.0 Å². The number of pyridine rings is 1. The van der Waals surface area contributed by atoms with Crippen molar-refractivity contribution in [2.75, 3.05) is 44.2 Å². The average Bonchev–Trinajstić information content (AvgIpc) is 3.26. The molecule has 6 rings (SSSR count). The topological polar surface area (TPSA) is 44.6 Å². The van der Waals surface area contributed by atoms with Gasteiger partial charge in [-0.15, -0.1) is 0 Å². The highest BCUT2D eigenvalue weighted by Gasteiger charge is 2.36. The van der Waals surface area contributed by atoms with E-state index in [1.807, 2.05) is 29.3 Å². The van der Waals surface area contributed by atoms with Crippen LogP contribution < -0.4 is 4.90 Å². The summed E-state index contributed by atoms with van der Waals surface area (Å²) in [7, 11) is 0. The smallest absolute Gasteiger partial charge is 0.253 e. The number of nitrogens with zero attached hydrogens (tertiary/aromatic N) is 5. The molecule has 4 aromatic rings. The van der Waals surface area contributed by atoms with E-state index < -0.39 is 0 Å². The molecule has 0 bridgehead atoms. The van der Waals surface area contributed by atoms with Gasteiger partial charge >= 0.3 is 0 Å². The molecular weight excluding hydrogens is 470 g/mol. The first-order valence-corrected chi connectivity index (χ1v) is 13.9. The normalized spacial score (nSPS) is 16.8. The van der Waals surface area contributed by atoms with Gasteiger partial charge in [-0.25, -0.2) is 4.98 Å². The average molecular weight is 508 g/mol. The number of benzene rings is 2. The molecule has 2 saturated heterocycles. The maximum atomic E-state index is 13.4. The maximum Gasteiger partial charge on any atom is 0.253 e. The van der Waals surface area contributed by atoms with E-state index in [1.54, 1.807) is 0 Å². The SMILES string of the molecule is Cc1ccc(-c2cc3cc(C(=O)N4CC(N5CCN(c6ccccn6)CC5)C4)ccc3n2CC(C)C)cc1. The van der Waals surface area contributed by atoms with Crippen molar-refractivity contribution in [3.05, 3.63) is 84.1 Å². The second-order valence-electron chi connectivity index (χ2n) is 11.2. The summed E-state index contributed by atoms with van der Waals surface area (Å²) in [5, 5.41) is 1.13. The molecule has 6 nitrogen and oxygen atoms in total. The third-order valence-corrected chi connectivity index (χ3v) is 8.00. The Morgan fingerprint density at radius 3 is 2.39 bits per heavy atom. The Kier molecular flexibility index (Phi) is 6.66. The van der Waals surface area contributed by atoms with Gasteiger partial charge in [0, 0.05) is 80.2 Å². The first-order chi connectivity index (χ1) is 18.5. The number of anilines is 1. The molecule has 2 aromatic carbocycles. The van der Waals surface area contributed by atoms with Crippen molar-refractivity contribution in [3.63, 3.8) is 0 Å². The van der Waals surface area contributed by atoms with Crippen molar-refractivity contribution in [3.8, 4) is 11.3 Å². The van der Waals surface area contributed by atoms with Crippen LogP contribution in [0.3, 0.4) is 0 Å². The van der Waals surface area contributed by atoms with Crippen LogP contribution in [0.5, 0.6) is 0 Å². The van der Waals surface area contributed by atoms with Crippen LogP contribution in [0.15, 0.2) is 72.9 Å². The van der Waals surface area contributed by atoms with Gasteiger partial charge in [0.25, 0.3) is 5.91 Å². The molecule has 0 spiro atoms. The predicted molar refractivity (Wildman–Crippen MR) is 155 cm³/mol. The van der Waals surface area contributed by atoms with Crippen molar-refractivity contribution < 1.29 is 4.79 Å². The highest BCUT2D eigenvalue weighted by atomic mass is 16.2. The molecule has 2 fully saturated rings. The molecule has 0 aliphatic carbocycles. The molecule has 0 saturated carbocycles. The van der Waals surface area contributed by atoms with Gasteiger partial charge in [-0.05, 0) is 54.8 Å². The molecular formula is C32H37N5O. The summed E-state index contributed by atoms with van der Waals surface area (Å²) in [6.07, 6.45) is 1.86. The Hall–Kier alpha value is -3.64. The highest BCUT2D eigenvalue weighted by molar-refractivity contribution is 5.99. The summed E-state index contributed by atoms with van der Waals surface area (Å²) < 4.78 is 2.41. The fourth-order valence-corrected chi connectivity index (χ4v) is 5.82. The second kappa shape index (κ2) is 10.3. The molecule has 4 heterocycles. The first kappa shape index (κ1) is 24.7. The fourth-order valence-electron chi connectivity index (χ4n) is 5.82. The zero-order valence-electron chi connectivity index (χ0n) is 22.7. The van der Waals surface area contributed by atoms with Crippen molar-refractivity contribution in [1.29, 1.82) is 0 Å². The van der Waals surface area contributed by atoms with Crippen molar-refractivity contribution in [2.45, 2.75) is 33.4 Å². The van der Waals surface area contributed by atoms with Crippen LogP contribution in [0.4, 0.5) is 5.82 Å². The summed E-state index contributed by atoms with van der Waals surface area (Å²) in [4.78, 5) is 24.8. The number of likely N-dealkylation sites (tertiary alicyclic amines) is 1. The quantitative estimate of drug-likeness (QED) is 0.355. The summed E-state index contributed by atoms with van der Waals surface area (Å²) in [5.41, 5.74) is 5.67. The van der Waals surface area contributed by atoms with Gasteiger partial charge in [-0.1, -0.05) is 49.7 Å². The van der Waals surface area contributed by atoms with Crippen LogP contribution in [0.1, 0.15) is 29.8 Å². The van der Waals surface area contributed by atoms with Crippen LogP contribution in [0.25, 0.3) is 22.2 Å². The maximum absolute atomic E-state index is 13.4. The fraction of sp³-hybridized carbons (Fsp3) is 0.375. The Morgan fingerprint density at radius 1 is 0.947 bits per heavy atom. The van der Waals surface area contributed by atoms with E-state index in [4.69, 9.17) is 0 Å². The van der Waals surface area contributed by atoms with Crippen molar-refractivity contribution in [2.24, 2.45) is 5.92 Å². The van der Waals surface area contributed by atoms with Gasteiger partial charge in [0.2, 0.25) is 0 Å². The van der Waals surface area contributed by atoms with E-state index in [1.165, 1.54) is 22.3 Å². The van der Waals surface area contributed by atoms with E-state index in [9.17, 15) is 4.79 Å². The van der Waals surface area contributed by atoms with Gasteiger partial charge in [0.15, 0.2) is 0 Å². The van der Waals surface area contributed by atoms with E-state index >= 15 is 0 Å². The van der Waals surface area contributed by atoms with E-state index in [-0.39, 0.29) is 5.91 Å². The summed E-state index contributed by atoms with van der Waals surface area (Å²) in [5.74, 6) is 1.73. The summed E-state index contributed by atoms with van der Waals surface area (Å²) in [6.45, 7) is 13.2. The molecule has 1 amide bonds. The van der Waals surface area contributed by atoms with E-state index in [0.717, 1.165) is 62.6 Å². The molecule has 2 aliphatic rings. The van der Waals surface area contributed by atoms with Gasteiger partial charge in [0.05, 0.1) is 0 Å². The number of piperazine rings is 1. The minimum atomic E-state index is 0.142. The molecule has 6 heteroatoms. The Bertz CT molecular complexity index is 1410. The molecule has 196 valence electrons. The van der Waals surface area contributed by atoms with Crippen LogP contribution in [-0.4, -0.2) is 70.6 Å². The number of carbonyl (C=O) groups excluding carboxylic acids is 1. The van der Waals surface area contributed by atoms with Gasteiger partial charge < -0.3 is 14.4 Å². The van der Waals surface area contributed by atoms with Gasteiger partial charge in [-0.3, -0.25) is 9.69 Å². The number of aryl methyl sites for hydroxylation is 1. The van der Waals surface area contributed by atoms with Crippen molar-refractivity contribution in [1.82, 2.24) is 19.4 Å². The predicted octanol–water partition coefficient (Wildman–Crippen LogP) is 5.31. The largest absolute Gasteiger partial charge is 0.354 e. The molecule has 2 aromatic heterocycles. The lowest BCUT2D eigenvalue weighted by atomic mass is 10.0. The minimum absolute atomic E-state index is 0.142. The Labute approximate surface area is 225 Å². The van der Waals surface area contributed by atoms with Crippen LogP contribution >= 0.6 is 0 Å². The number of carbonyl (C=O) groups is 1. The molecule has 0 unspecified atom stereocenters. The van der Waals surface area contributed by atoms with E-state index in [2.05, 4.69) is 88.7 Å². The second-order valence-corrected chi connectivity index (χ2v) is 11.2. The molecule has 38 heavy (non-hydrogen) atoms. The Morgan fingerprint density at radius 2 is 1.71 bits per heavy atom. The lowest BCUT2D eigenvalue weighted by Crippen LogP contribution is -2.64. The number of fused-ring (bicyclic) bond motifs is 1. The molecule has 0 radical (unpaired) electrons. The highest BCUT2D eigenvalue weighted by Crippen LogP contribution is 2.31. The monoisotopic (exact) mass is 507 g/mol. The lowest BCUT2D eigenvalue weighted by molar-refractivity contribution is 0.0246. The Balaban J connectivity index is 1.14. The number of amides is 1. The number of hydrogen-bond acceptors (Lipinski definition) is 4. The third kappa shape index (κ3) is 4.81. The number of rotatable bonds is 6. The zero-order valence-corrected chi connectivity index (χ0v) is 22.7. The standard InChI is InChI=1S/C32H37N5O/c1-23(2)20-37-29-12-11-26(18-27(29)19-30(37)25-9-7-24(3)8-10-25)32(38)36-21-28(22-36)34-14-16-35(17-15-34)31-6-4-5-13-33-31/h4-13,18-19,23,28H,14-17,20-22H2,1-3H3. The molecule has 0 atom stereocenters. The summed E-state index contributed by atoms with van der Waals surface area (Å²) >= 11 is 0. The van der Waals surface area contributed by atoms with Crippen molar-refractivity contribution >= 4 is 22.6 Å². The lowest BCUT2D eigenvalue weighted by Gasteiger charge is -2.48. The van der Waals surface area contributed by atoms with Crippen LogP contribution in [0.2, 0.25) is 0 Å². The van der Waals surface area contributed by atoms with Crippen LogP contribution in [-0.2, 0) is 6.54 Å². The molecule has 0 N–H and O–H groups in total. The number of hydrogen-bond donors (Lipinski definition) is 0. The minimum Gasteiger partial charge on any atom is -0.354 e. The van der Waals surface area contributed by atoms with Crippen LogP contribution in [0, 0.1) is 12.8 Å².